The highest BCUT2D eigenvalue weighted by molar-refractivity contribution is 5.78. The highest BCUT2D eigenvalue weighted by Gasteiger charge is 2.11. The van der Waals surface area contributed by atoms with Crippen molar-refractivity contribution in [3.63, 3.8) is 0 Å². The fourth-order valence-corrected chi connectivity index (χ4v) is 1.31. The maximum atomic E-state index is 5.81. The molecule has 1 unspecified atom stereocenters. The summed E-state index contributed by atoms with van der Waals surface area (Å²) in [5.41, 5.74) is 6.65. The number of nitrogens with zero attached hydrogens (tertiary/aromatic N) is 2. The summed E-state index contributed by atoms with van der Waals surface area (Å²) in [5, 5.41) is 3.12. The number of rotatable bonds is 2. The van der Waals surface area contributed by atoms with Crippen LogP contribution < -0.4 is 11.1 Å². The number of nitrogens with two attached hydrogens (primary N) is 1. The topological polar surface area (TPSA) is 63.3 Å². The summed E-state index contributed by atoms with van der Waals surface area (Å²) in [4.78, 5) is 8.59. The molecule has 0 bridgehead atoms. The van der Waals surface area contributed by atoms with Gasteiger partial charge in [0.1, 0.15) is 0 Å². The molecule has 0 aliphatic rings. The molecule has 0 aliphatic heterocycles. The molecule has 16 heavy (non-hydrogen) atoms. The van der Waals surface area contributed by atoms with Crippen LogP contribution in [0.15, 0.2) is 29.4 Å². The first-order valence-corrected chi connectivity index (χ1v) is 5.41. The summed E-state index contributed by atoms with van der Waals surface area (Å²) in [6, 6.07) is 5.74. The molecule has 0 radical (unpaired) electrons. The van der Waals surface area contributed by atoms with Crippen molar-refractivity contribution in [2.45, 2.75) is 39.3 Å². The third-order valence-corrected chi connectivity index (χ3v) is 1.95. The molecular weight excluding hydrogens is 200 g/mol. The van der Waals surface area contributed by atoms with Crippen molar-refractivity contribution in [3.05, 3.63) is 30.1 Å². The van der Waals surface area contributed by atoms with Gasteiger partial charge in [-0.25, -0.2) is 4.99 Å². The van der Waals surface area contributed by atoms with Gasteiger partial charge in [0.25, 0.3) is 0 Å². The lowest BCUT2D eigenvalue weighted by Crippen LogP contribution is -2.45. The second-order valence-electron chi connectivity index (χ2n) is 4.82. The zero-order chi connectivity index (χ0) is 12.2. The van der Waals surface area contributed by atoms with Gasteiger partial charge in [-0.2, -0.15) is 0 Å². The molecule has 1 rings (SSSR count). The second kappa shape index (κ2) is 4.96. The van der Waals surface area contributed by atoms with Gasteiger partial charge >= 0.3 is 0 Å². The standard InChI is InChI=1S/C12H20N4/c1-9(10-7-5-6-8-14-10)15-11(13)16-12(2,3)4/h5-9H,1-4H3,(H3,13,15,16). The number of aliphatic imine (C=N–C) groups is 1. The first-order valence-electron chi connectivity index (χ1n) is 5.41. The second-order valence-corrected chi connectivity index (χ2v) is 4.82. The number of guanidine groups is 1. The normalized spacial score (nSPS) is 14.6. The molecule has 1 atom stereocenters. The Labute approximate surface area is 97.0 Å². The van der Waals surface area contributed by atoms with E-state index < -0.39 is 0 Å². The number of hydrogen-bond acceptors (Lipinski definition) is 2. The predicted octanol–water partition coefficient (Wildman–Crippen LogP) is 1.85. The van der Waals surface area contributed by atoms with E-state index in [1.807, 2.05) is 45.9 Å². The average Bonchev–Trinajstić information content (AvgIpc) is 2.16. The van der Waals surface area contributed by atoms with Gasteiger partial charge in [0, 0.05) is 11.7 Å². The van der Waals surface area contributed by atoms with Gasteiger partial charge in [-0.3, -0.25) is 4.98 Å². The van der Waals surface area contributed by atoms with E-state index in [9.17, 15) is 0 Å². The molecule has 88 valence electrons. The molecule has 0 amide bonds. The molecule has 1 aromatic heterocycles. The zero-order valence-electron chi connectivity index (χ0n) is 10.4. The summed E-state index contributed by atoms with van der Waals surface area (Å²) in [7, 11) is 0. The minimum absolute atomic E-state index is 0.0314. The predicted molar refractivity (Wildman–Crippen MR) is 67.2 cm³/mol. The number of aromatic nitrogens is 1. The van der Waals surface area contributed by atoms with E-state index in [-0.39, 0.29) is 11.6 Å². The van der Waals surface area contributed by atoms with Crippen LogP contribution in [0.3, 0.4) is 0 Å². The van der Waals surface area contributed by atoms with E-state index >= 15 is 0 Å². The molecule has 0 aliphatic carbocycles. The number of nitrogens with one attached hydrogen (secondary N) is 1. The number of pyridine rings is 1. The van der Waals surface area contributed by atoms with Gasteiger partial charge in [0.05, 0.1) is 11.7 Å². The van der Waals surface area contributed by atoms with Gasteiger partial charge in [-0.05, 0) is 39.8 Å². The van der Waals surface area contributed by atoms with Gasteiger partial charge in [0.15, 0.2) is 5.96 Å². The average molecular weight is 220 g/mol. The molecule has 3 N–H and O–H groups in total. The van der Waals surface area contributed by atoms with Crippen LogP contribution in [0.4, 0.5) is 0 Å². The summed E-state index contributed by atoms with van der Waals surface area (Å²) in [6.45, 7) is 8.10. The van der Waals surface area contributed by atoms with E-state index in [2.05, 4.69) is 15.3 Å². The lowest BCUT2D eigenvalue weighted by molar-refractivity contribution is 0.506. The summed E-state index contributed by atoms with van der Waals surface area (Å²) in [6.07, 6.45) is 1.76. The first kappa shape index (κ1) is 12.5. The Morgan fingerprint density at radius 2 is 2.12 bits per heavy atom. The third kappa shape index (κ3) is 4.29. The Kier molecular flexibility index (Phi) is 3.88. The lowest BCUT2D eigenvalue weighted by Gasteiger charge is -2.21. The quantitative estimate of drug-likeness (QED) is 0.590. The lowest BCUT2D eigenvalue weighted by atomic mass is 10.1. The van der Waals surface area contributed by atoms with Gasteiger partial charge in [0.2, 0.25) is 0 Å². The van der Waals surface area contributed by atoms with Crippen LogP contribution in [-0.2, 0) is 0 Å². The van der Waals surface area contributed by atoms with Crippen LogP contribution in [0.5, 0.6) is 0 Å². The van der Waals surface area contributed by atoms with Crippen molar-refractivity contribution in [2.75, 3.05) is 0 Å². The molecule has 0 saturated carbocycles. The van der Waals surface area contributed by atoms with Crippen LogP contribution in [-0.4, -0.2) is 16.5 Å². The Hall–Kier alpha value is -1.58. The maximum absolute atomic E-state index is 5.81. The third-order valence-electron chi connectivity index (χ3n) is 1.95. The molecule has 0 spiro atoms. The molecular formula is C12H20N4. The molecule has 4 heteroatoms. The van der Waals surface area contributed by atoms with Crippen molar-refractivity contribution in [3.8, 4) is 0 Å². The Morgan fingerprint density at radius 3 is 2.62 bits per heavy atom. The van der Waals surface area contributed by atoms with Crippen molar-refractivity contribution in [1.29, 1.82) is 0 Å². The molecule has 1 heterocycles. The Bertz CT molecular complexity index is 351. The van der Waals surface area contributed by atoms with Crippen molar-refractivity contribution in [1.82, 2.24) is 10.3 Å². The SMILES string of the molecule is CC(N=C(N)NC(C)(C)C)c1ccccn1. The van der Waals surface area contributed by atoms with Crippen molar-refractivity contribution in [2.24, 2.45) is 10.7 Å². The van der Waals surface area contributed by atoms with E-state index in [1.54, 1.807) is 6.20 Å². The molecule has 1 aromatic rings. The van der Waals surface area contributed by atoms with Gasteiger partial charge in [-0.1, -0.05) is 6.07 Å². The van der Waals surface area contributed by atoms with E-state index in [4.69, 9.17) is 5.73 Å². The number of hydrogen-bond donors (Lipinski definition) is 2. The summed E-state index contributed by atoms with van der Waals surface area (Å²) in [5.74, 6) is 0.450. The molecule has 4 nitrogen and oxygen atoms in total. The van der Waals surface area contributed by atoms with E-state index in [0.29, 0.717) is 5.96 Å². The van der Waals surface area contributed by atoms with Gasteiger partial charge in [-0.15, -0.1) is 0 Å². The minimum atomic E-state index is -0.0720. The zero-order valence-corrected chi connectivity index (χ0v) is 10.4. The van der Waals surface area contributed by atoms with E-state index in [1.165, 1.54) is 0 Å². The Balaban J connectivity index is 2.70. The monoisotopic (exact) mass is 220 g/mol. The van der Waals surface area contributed by atoms with Crippen LogP contribution >= 0.6 is 0 Å². The highest BCUT2D eigenvalue weighted by atomic mass is 15.1. The van der Waals surface area contributed by atoms with Crippen molar-refractivity contribution >= 4 is 5.96 Å². The first-order chi connectivity index (χ1) is 7.38. The fraction of sp³-hybridized carbons (Fsp3) is 0.500. The van der Waals surface area contributed by atoms with Gasteiger partial charge < -0.3 is 11.1 Å². The van der Waals surface area contributed by atoms with Crippen LogP contribution in [0.2, 0.25) is 0 Å². The highest BCUT2D eigenvalue weighted by Crippen LogP contribution is 2.12. The summed E-state index contributed by atoms with van der Waals surface area (Å²) >= 11 is 0. The van der Waals surface area contributed by atoms with Crippen LogP contribution in [0, 0.1) is 0 Å². The Morgan fingerprint density at radius 1 is 1.44 bits per heavy atom. The molecule has 0 saturated heterocycles. The maximum Gasteiger partial charge on any atom is 0.189 e. The van der Waals surface area contributed by atoms with Crippen LogP contribution in [0.1, 0.15) is 39.4 Å². The smallest absolute Gasteiger partial charge is 0.189 e. The minimum Gasteiger partial charge on any atom is -0.370 e. The fourth-order valence-electron chi connectivity index (χ4n) is 1.31. The largest absolute Gasteiger partial charge is 0.370 e. The van der Waals surface area contributed by atoms with Crippen LogP contribution in [0.25, 0.3) is 0 Å². The van der Waals surface area contributed by atoms with Crippen molar-refractivity contribution < 1.29 is 0 Å². The van der Waals surface area contributed by atoms with E-state index in [0.717, 1.165) is 5.69 Å². The molecule has 0 aromatic carbocycles. The molecule has 0 fully saturated rings. The summed E-state index contributed by atoms with van der Waals surface area (Å²) < 4.78 is 0.